The Labute approximate surface area is 131 Å². The maximum atomic E-state index is 12.4. The van der Waals surface area contributed by atoms with Crippen molar-refractivity contribution in [1.82, 2.24) is 0 Å². The predicted molar refractivity (Wildman–Crippen MR) is 86.8 cm³/mol. The van der Waals surface area contributed by atoms with E-state index in [-0.39, 0.29) is 17.5 Å². The lowest BCUT2D eigenvalue weighted by molar-refractivity contribution is -0.136. The topological polar surface area (TPSA) is 34.1 Å². The highest BCUT2D eigenvalue weighted by molar-refractivity contribution is 6.05. The molecular formula is C20H20O2. The lowest BCUT2D eigenvalue weighted by atomic mass is 9.75. The molecule has 0 unspecified atom stereocenters. The third kappa shape index (κ3) is 3.16. The molecule has 2 heteroatoms. The van der Waals surface area contributed by atoms with Gasteiger partial charge in [-0.05, 0) is 30.4 Å². The molecule has 1 saturated carbocycles. The Bertz CT molecular complexity index is 653. The minimum atomic E-state index is -0.455. The zero-order chi connectivity index (χ0) is 15.5. The zero-order valence-corrected chi connectivity index (χ0v) is 12.8. The van der Waals surface area contributed by atoms with Crippen molar-refractivity contribution in [1.29, 1.82) is 0 Å². The van der Waals surface area contributed by atoms with Crippen LogP contribution >= 0.6 is 0 Å². The molecule has 0 aromatic heterocycles. The lowest BCUT2D eigenvalue weighted by Gasteiger charge is -2.26. The molecule has 0 heterocycles. The summed E-state index contributed by atoms with van der Waals surface area (Å²) in [5, 5.41) is 0. The quantitative estimate of drug-likeness (QED) is 0.805. The molecule has 1 aliphatic rings. The predicted octanol–water partition coefficient (Wildman–Crippen LogP) is 3.87. The molecule has 0 radical (unpaired) electrons. The second kappa shape index (κ2) is 6.27. The standard InChI is InChI=1S/C20H20O2/c1-14-7-9-16(10-8-14)17-12-19(21)18(20(22)13-17)11-15-5-3-2-4-6-15/h2-10,17-18H,11-13H2,1H3. The van der Waals surface area contributed by atoms with Crippen molar-refractivity contribution < 1.29 is 9.59 Å². The molecule has 1 fully saturated rings. The van der Waals surface area contributed by atoms with Gasteiger partial charge in [-0.3, -0.25) is 9.59 Å². The summed E-state index contributed by atoms with van der Waals surface area (Å²) in [7, 11) is 0. The highest BCUT2D eigenvalue weighted by atomic mass is 16.2. The first-order chi connectivity index (χ1) is 10.6. The molecule has 0 N–H and O–H groups in total. The van der Waals surface area contributed by atoms with Gasteiger partial charge in [0.25, 0.3) is 0 Å². The lowest BCUT2D eigenvalue weighted by Crippen LogP contribution is -2.34. The Morgan fingerprint density at radius 3 is 2.05 bits per heavy atom. The van der Waals surface area contributed by atoms with Crippen LogP contribution in [0.25, 0.3) is 0 Å². The minimum absolute atomic E-state index is 0.0487. The van der Waals surface area contributed by atoms with E-state index >= 15 is 0 Å². The Morgan fingerprint density at radius 1 is 0.864 bits per heavy atom. The fraction of sp³-hybridized carbons (Fsp3) is 0.300. The Kier molecular flexibility index (Phi) is 4.19. The van der Waals surface area contributed by atoms with Crippen LogP contribution < -0.4 is 0 Å². The molecule has 2 aromatic carbocycles. The van der Waals surface area contributed by atoms with Gasteiger partial charge in [-0.2, -0.15) is 0 Å². The second-order valence-corrected chi connectivity index (χ2v) is 6.19. The van der Waals surface area contributed by atoms with Crippen molar-refractivity contribution in [2.45, 2.75) is 32.1 Å². The van der Waals surface area contributed by atoms with Gasteiger partial charge >= 0.3 is 0 Å². The van der Waals surface area contributed by atoms with E-state index < -0.39 is 5.92 Å². The molecule has 112 valence electrons. The maximum absolute atomic E-state index is 12.4. The van der Waals surface area contributed by atoms with Gasteiger partial charge in [-0.15, -0.1) is 0 Å². The Balaban J connectivity index is 1.73. The molecule has 2 aromatic rings. The number of rotatable bonds is 3. The van der Waals surface area contributed by atoms with Crippen LogP contribution in [-0.2, 0) is 16.0 Å². The fourth-order valence-corrected chi connectivity index (χ4v) is 3.17. The first kappa shape index (κ1) is 14.7. The number of carbonyl (C=O) groups is 2. The van der Waals surface area contributed by atoms with Crippen LogP contribution in [-0.4, -0.2) is 11.6 Å². The molecule has 0 amide bonds. The van der Waals surface area contributed by atoms with E-state index in [4.69, 9.17) is 0 Å². The summed E-state index contributed by atoms with van der Waals surface area (Å²) >= 11 is 0. The number of hydrogen-bond acceptors (Lipinski definition) is 2. The van der Waals surface area contributed by atoms with Crippen molar-refractivity contribution in [3.8, 4) is 0 Å². The highest BCUT2D eigenvalue weighted by Crippen LogP contribution is 2.33. The van der Waals surface area contributed by atoms with E-state index in [2.05, 4.69) is 0 Å². The summed E-state index contributed by atoms with van der Waals surface area (Å²) in [5.41, 5.74) is 3.35. The third-order valence-corrected chi connectivity index (χ3v) is 4.50. The van der Waals surface area contributed by atoms with Crippen molar-refractivity contribution in [2.24, 2.45) is 5.92 Å². The summed E-state index contributed by atoms with van der Waals surface area (Å²) in [4.78, 5) is 24.9. The fourth-order valence-electron chi connectivity index (χ4n) is 3.17. The molecule has 22 heavy (non-hydrogen) atoms. The third-order valence-electron chi connectivity index (χ3n) is 4.50. The van der Waals surface area contributed by atoms with E-state index in [1.54, 1.807) is 0 Å². The van der Waals surface area contributed by atoms with Gasteiger partial charge < -0.3 is 0 Å². The minimum Gasteiger partial charge on any atom is -0.299 e. The first-order valence-corrected chi connectivity index (χ1v) is 7.79. The number of Topliss-reactive ketones (excluding diaryl/α,β-unsaturated/α-hetero) is 2. The molecule has 2 nitrogen and oxygen atoms in total. The average Bonchev–Trinajstić information content (AvgIpc) is 2.52. The van der Waals surface area contributed by atoms with Gasteiger partial charge in [0.15, 0.2) is 0 Å². The van der Waals surface area contributed by atoms with Gasteiger partial charge in [0.05, 0.1) is 5.92 Å². The molecule has 0 saturated heterocycles. The first-order valence-electron chi connectivity index (χ1n) is 7.79. The largest absolute Gasteiger partial charge is 0.299 e. The molecular weight excluding hydrogens is 272 g/mol. The van der Waals surface area contributed by atoms with Crippen molar-refractivity contribution in [2.75, 3.05) is 0 Å². The Hall–Kier alpha value is -2.22. The van der Waals surface area contributed by atoms with Gasteiger partial charge in [0.1, 0.15) is 11.6 Å². The van der Waals surface area contributed by atoms with E-state index in [0.29, 0.717) is 19.3 Å². The van der Waals surface area contributed by atoms with Gasteiger partial charge in [0.2, 0.25) is 0 Å². The number of carbonyl (C=O) groups excluding carboxylic acids is 2. The SMILES string of the molecule is Cc1ccc(C2CC(=O)C(Cc3ccccc3)C(=O)C2)cc1. The van der Waals surface area contributed by atoms with E-state index in [9.17, 15) is 9.59 Å². The van der Waals surface area contributed by atoms with Gasteiger partial charge in [-0.25, -0.2) is 0 Å². The summed E-state index contributed by atoms with van der Waals surface area (Å²) < 4.78 is 0. The number of aryl methyl sites for hydroxylation is 1. The number of hydrogen-bond donors (Lipinski definition) is 0. The summed E-state index contributed by atoms with van der Waals surface area (Å²) in [6, 6.07) is 18.0. The molecule has 0 spiro atoms. The van der Waals surface area contributed by atoms with Crippen LogP contribution in [0, 0.1) is 12.8 Å². The molecule has 0 atom stereocenters. The van der Waals surface area contributed by atoms with Crippen LogP contribution in [0.1, 0.15) is 35.4 Å². The number of benzene rings is 2. The van der Waals surface area contributed by atoms with Crippen LogP contribution in [0.15, 0.2) is 54.6 Å². The number of ketones is 2. The summed E-state index contributed by atoms with van der Waals surface area (Å²) in [5.74, 6) is -0.229. The van der Waals surface area contributed by atoms with Crippen molar-refractivity contribution >= 4 is 11.6 Å². The van der Waals surface area contributed by atoms with E-state index in [1.807, 2.05) is 61.5 Å². The second-order valence-electron chi connectivity index (χ2n) is 6.19. The van der Waals surface area contributed by atoms with Gasteiger partial charge in [0, 0.05) is 12.8 Å². The Morgan fingerprint density at radius 2 is 1.45 bits per heavy atom. The van der Waals surface area contributed by atoms with Crippen LogP contribution in [0.5, 0.6) is 0 Å². The molecule has 1 aliphatic carbocycles. The highest BCUT2D eigenvalue weighted by Gasteiger charge is 2.35. The summed E-state index contributed by atoms with van der Waals surface area (Å²) in [6.45, 7) is 2.04. The smallest absolute Gasteiger partial charge is 0.144 e. The van der Waals surface area contributed by atoms with Crippen molar-refractivity contribution in [3.05, 3.63) is 71.3 Å². The monoisotopic (exact) mass is 292 g/mol. The van der Waals surface area contributed by atoms with Crippen molar-refractivity contribution in [3.63, 3.8) is 0 Å². The normalized spacial score (nSPS) is 21.9. The van der Waals surface area contributed by atoms with E-state index in [1.165, 1.54) is 5.56 Å². The van der Waals surface area contributed by atoms with Crippen LogP contribution in [0.2, 0.25) is 0 Å². The van der Waals surface area contributed by atoms with Gasteiger partial charge in [-0.1, -0.05) is 60.2 Å². The van der Waals surface area contributed by atoms with E-state index in [0.717, 1.165) is 11.1 Å². The molecule has 3 rings (SSSR count). The average molecular weight is 292 g/mol. The molecule has 0 aliphatic heterocycles. The van der Waals surface area contributed by atoms with Crippen LogP contribution in [0.3, 0.4) is 0 Å². The molecule has 0 bridgehead atoms. The zero-order valence-electron chi connectivity index (χ0n) is 12.8. The maximum Gasteiger partial charge on any atom is 0.144 e. The van der Waals surface area contributed by atoms with Crippen LogP contribution in [0.4, 0.5) is 0 Å². The summed E-state index contributed by atoms with van der Waals surface area (Å²) in [6.07, 6.45) is 1.50.